The zero-order valence-corrected chi connectivity index (χ0v) is 12.0. The molecule has 3 N–H and O–H groups in total. The molecule has 0 radical (unpaired) electrons. The zero-order valence-electron chi connectivity index (χ0n) is 12.0. The lowest BCUT2D eigenvalue weighted by Gasteiger charge is -2.31. The molecule has 0 unspecified atom stereocenters. The van der Waals surface area contributed by atoms with Gasteiger partial charge in [-0.05, 0) is 24.6 Å². The zero-order chi connectivity index (χ0) is 15.3. The Morgan fingerprint density at radius 3 is 2.57 bits per heavy atom. The lowest BCUT2D eigenvalue weighted by atomic mass is 9.87. The molecule has 1 aromatic heterocycles. The smallest absolute Gasteiger partial charge is 0.231 e. The highest BCUT2D eigenvalue weighted by Crippen LogP contribution is 2.28. The van der Waals surface area contributed by atoms with E-state index in [0.717, 1.165) is 24.1 Å². The molecule has 5 heteroatoms. The number of hydrogen-bond donors (Lipinski definition) is 2. The van der Waals surface area contributed by atoms with Crippen molar-refractivity contribution in [3.05, 3.63) is 59.9 Å². The molecule has 0 aliphatic rings. The van der Waals surface area contributed by atoms with Crippen LogP contribution in [0.4, 0.5) is 0 Å². The maximum Gasteiger partial charge on any atom is 0.231 e. The number of carbonyl (C=O) groups is 2. The number of nitrogens with one attached hydrogen (secondary N) is 1. The number of aromatic nitrogens is 1. The van der Waals surface area contributed by atoms with Gasteiger partial charge in [0.25, 0.3) is 0 Å². The molecular weight excluding hydrogens is 266 g/mol. The van der Waals surface area contributed by atoms with Crippen LogP contribution in [0.15, 0.2) is 48.7 Å². The number of amides is 1. The molecule has 0 spiro atoms. The van der Waals surface area contributed by atoms with Gasteiger partial charge in [0.15, 0.2) is 6.29 Å². The number of nitrogens with zero attached hydrogens (tertiary/aromatic N) is 1. The van der Waals surface area contributed by atoms with Crippen LogP contribution in [0.25, 0.3) is 0 Å². The fourth-order valence-electron chi connectivity index (χ4n) is 2.49. The lowest BCUT2D eigenvalue weighted by molar-refractivity contribution is -0.118. The van der Waals surface area contributed by atoms with Crippen LogP contribution in [0.1, 0.15) is 18.2 Å². The van der Waals surface area contributed by atoms with E-state index < -0.39 is 11.4 Å². The van der Waals surface area contributed by atoms with Gasteiger partial charge < -0.3 is 15.1 Å². The highest BCUT2D eigenvalue weighted by Gasteiger charge is 2.36. The minimum Gasteiger partial charge on any atom is -0.369 e. The number of rotatable bonds is 7. The molecule has 1 heterocycles. The topological polar surface area (TPSA) is 77.1 Å². The molecule has 0 aliphatic heterocycles. The molecule has 1 atom stereocenters. The third-order valence-corrected chi connectivity index (χ3v) is 3.52. The lowest BCUT2D eigenvalue weighted by Crippen LogP contribution is -2.49. The second-order valence-corrected chi connectivity index (χ2v) is 4.79. The highest BCUT2D eigenvalue weighted by molar-refractivity contribution is 5.79. The van der Waals surface area contributed by atoms with Gasteiger partial charge in [0.2, 0.25) is 5.91 Å². The largest absolute Gasteiger partial charge is 0.369 e. The summed E-state index contributed by atoms with van der Waals surface area (Å²) in [6.45, 7) is 2.64. The molecule has 0 bridgehead atoms. The molecule has 2 aromatic rings. The Kier molecular flexibility index (Phi) is 4.55. The third-order valence-electron chi connectivity index (χ3n) is 3.52. The van der Waals surface area contributed by atoms with Crippen molar-refractivity contribution in [1.29, 1.82) is 0 Å². The number of nitrogens with two attached hydrogens (primary N) is 1. The molecule has 0 aliphatic carbocycles. The predicted octanol–water partition coefficient (Wildman–Crippen LogP) is 1.03. The Hall–Kier alpha value is -2.40. The Balaban J connectivity index is 2.57. The molecule has 0 fully saturated rings. The fraction of sp³-hybridized carbons (Fsp3) is 0.250. The second-order valence-electron chi connectivity index (χ2n) is 4.79. The summed E-state index contributed by atoms with van der Waals surface area (Å²) < 4.78 is 1.97. The summed E-state index contributed by atoms with van der Waals surface area (Å²) in [6, 6.07) is 13.1. The van der Waals surface area contributed by atoms with E-state index in [2.05, 4.69) is 5.32 Å². The average Bonchev–Trinajstić information content (AvgIpc) is 2.98. The molecule has 1 aromatic carbocycles. The van der Waals surface area contributed by atoms with Gasteiger partial charge in [0, 0.05) is 18.4 Å². The first-order chi connectivity index (χ1) is 10.1. The van der Waals surface area contributed by atoms with E-state index in [9.17, 15) is 9.59 Å². The highest BCUT2D eigenvalue weighted by atomic mass is 16.1. The van der Waals surface area contributed by atoms with Crippen LogP contribution >= 0.6 is 0 Å². The van der Waals surface area contributed by atoms with E-state index >= 15 is 0 Å². The Labute approximate surface area is 123 Å². The van der Waals surface area contributed by atoms with Crippen LogP contribution in [-0.4, -0.2) is 23.3 Å². The van der Waals surface area contributed by atoms with Crippen molar-refractivity contribution >= 4 is 12.2 Å². The van der Waals surface area contributed by atoms with Crippen molar-refractivity contribution in [1.82, 2.24) is 9.88 Å². The quantitative estimate of drug-likeness (QED) is 0.746. The minimum absolute atomic E-state index is 0.0808. The number of primary amides is 1. The molecular formula is C16H19N3O2. The molecule has 110 valence electrons. The Bertz CT molecular complexity index is 621. The van der Waals surface area contributed by atoms with E-state index in [1.54, 1.807) is 0 Å². The van der Waals surface area contributed by atoms with E-state index in [0.29, 0.717) is 0 Å². The van der Waals surface area contributed by atoms with Crippen LogP contribution < -0.4 is 11.1 Å². The van der Waals surface area contributed by atoms with Gasteiger partial charge in [-0.1, -0.05) is 30.3 Å². The fourth-order valence-corrected chi connectivity index (χ4v) is 2.49. The molecule has 1 amide bonds. The molecule has 0 saturated carbocycles. The Morgan fingerprint density at radius 1 is 1.29 bits per heavy atom. The first-order valence-electron chi connectivity index (χ1n) is 6.85. The molecule has 2 rings (SSSR count). The third kappa shape index (κ3) is 2.87. The maximum absolute atomic E-state index is 12.0. The van der Waals surface area contributed by atoms with Gasteiger partial charge in [-0.2, -0.15) is 0 Å². The first kappa shape index (κ1) is 15.0. The van der Waals surface area contributed by atoms with Crippen molar-refractivity contribution in [2.45, 2.75) is 19.0 Å². The summed E-state index contributed by atoms with van der Waals surface area (Å²) in [6.07, 6.45) is 2.73. The van der Waals surface area contributed by atoms with E-state index in [1.165, 1.54) is 0 Å². The van der Waals surface area contributed by atoms with Crippen molar-refractivity contribution in [2.24, 2.45) is 5.73 Å². The standard InChI is InChI=1S/C16H19N3O2/c1-2-19-10-6-9-14(19)16(12-20,18-11-15(17)21)13-7-4-3-5-8-13/h3-10,12,18H,2,11H2,1H3,(H2,17,21)/t16-/m1/s1. The van der Waals surface area contributed by atoms with E-state index in [1.807, 2.05) is 60.2 Å². The summed E-state index contributed by atoms with van der Waals surface area (Å²) >= 11 is 0. The van der Waals surface area contributed by atoms with Crippen LogP contribution in [0.2, 0.25) is 0 Å². The monoisotopic (exact) mass is 285 g/mol. The first-order valence-corrected chi connectivity index (χ1v) is 6.85. The minimum atomic E-state index is -1.09. The summed E-state index contributed by atoms with van der Waals surface area (Å²) in [7, 11) is 0. The van der Waals surface area contributed by atoms with Gasteiger partial charge in [-0.15, -0.1) is 0 Å². The molecule has 5 nitrogen and oxygen atoms in total. The van der Waals surface area contributed by atoms with Crippen LogP contribution in [0.3, 0.4) is 0 Å². The van der Waals surface area contributed by atoms with Gasteiger partial charge in [0.05, 0.1) is 6.54 Å². The van der Waals surface area contributed by atoms with Crippen molar-refractivity contribution in [3.63, 3.8) is 0 Å². The van der Waals surface area contributed by atoms with E-state index in [-0.39, 0.29) is 6.54 Å². The van der Waals surface area contributed by atoms with Gasteiger partial charge in [-0.25, -0.2) is 0 Å². The summed E-state index contributed by atoms with van der Waals surface area (Å²) in [5.74, 6) is -0.508. The SMILES string of the molecule is CCn1cccc1[C@](C=O)(NCC(N)=O)c1ccccc1. The van der Waals surface area contributed by atoms with Gasteiger partial charge >= 0.3 is 0 Å². The van der Waals surface area contributed by atoms with Crippen molar-refractivity contribution < 1.29 is 9.59 Å². The Morgan fingerprint density at radius 2 is 2.00 bits per heavy atom. The average molecular weight is 285 g/mol. The molecule has 0 saturated heterocycles. The van der Waals surface area contributed by atoms with E-state index in [4.69, 9.17) is 5.73 Å². The van der Waals surface area contributed by atoms with Gasteiger partial charge in [-0.3, -0.25) is 10.1 Å². The van der Waals surface area contributed by atoms with Gasteiger partial charge in [0.1, 0.15) is 5.54 Å². The van der Waals surface area contributed by atoms with Crippen LogP contribution in [-0.2, 0) is 21.7 Å². The maximum atomic E-state index is 12.0. The normalized spacial score (nSPS) is 13.6. The molecule has 21 heavy (non-hydrogen) atoms. The second kappa shape index (κ2) is 6.37. The van der Waals surface area contributed by atoms with Crippen molar-refractivity contribution in [2.75, 3.05) is 6.54 Å². The number of aryl methyl sites for hydroxylation is 1. The number of aldehydes is 1. The number of benzene rings is 1. The predicted molar refractivity (Wildman–Crippen MR) is 80.6 cm³/mol. The van der Waals surface area contributed by atoms with Crippen molar-refractivity contribution in [3.8, 4) is 0 Å². The van der Waals surface area contributed by atoms with Crippen LogP contribution in [0, 0.1) is 0 Å². The number of carbonyl (C=O) groups excluding carboxylic acids is 2. The number of hydrogen-bond acceptors (Lipinski definition) is 3. The summed E-state index contributed by atoms with van der Waals surface area (Å²) in [5, 5.41) is 3.01. The summed E-state index contributed by atoms with van der Waals surface area (Å²) in [4.78, 5) is 23.1. The summed E-state index contributed by atoms with van der Waals surface area (Å²) in [5.41, 5.74) is 5.70. The van der Waals surface area contributed by atoms with Crippen LogP contribution in [0.5, 0.6) is 0 Å².